The van der Waals surface area contributed by atoms with Crippen molar-refractivity contribution >= 4 is 0 Å². The molecule has 0 unspecified atom stereocenters. The van der Waals surface area contributed by atoms with E-state index in [2.05, 4.69) is 16.9 Å². The highest BCUT2D eigenvalue weighted by Crippen LogP contribution is 2.04. The fraction of sp³-hybridized carbons (Fsp3) is 0.667. The van der Waals surface area contributed by atoms with Gasteiger partial charge in [0.15, 0.2) is 0 Å². The first kappa shape index (κ1) is 7.23. The van der Waals surface area contributed by atoms with Crippen LogP contribution in [-0.2, 0) is 0 Å². The maximum atomic E-state index is 8.40. The van der Waals surface area contributed by atoms with Crippen LogP contribution in [0.4, 0.5) is 0 Å². The number of rotatable bonds is 2. The van der Waals surface area contributed by atoms with Crippen molar-refractivity contribution in [2.24, 2.45) is 5.11 Å². The van der Waals surface area contributed by atoms with E-state index in [0.717, 1.165) is 0 Å². The molecule has 45 valence electrons. The zero-order chi connectivity index (χ0) is 6.62. The molecule has 0 atom stereocenters. The molecule has 0 rings (SSSR count). The summed E-state index contributed by atoms with van der Waals surface area (Å²) in [6.45, 7) is 3.11. The van der Waals surface area contributed by atoms with Crippen molar-refractivity contribution in [3.8, 4) is 0 Å². The van der Waals surface area contributed by atoms with Crippen LogP contribution < -0.4 is 0 Å². The van der Waals surface area contributed by atoms with Crippen molar-refractivity contribution in [1.82, 2.24) is 0 Å². The average Bonchev–Trinajstić information content (AvgIpc) is 1.67. The van der Waals surface area contributed by atoms with Gasteiger partial charge in [0.1, 0.15) is 0 Å². The number of nitrogens with zero attached hydrogens (tertiary/aromatic N) is 3. The lowest BCUT2D eigenvalue weighted by Crippen LogP contribution is -2.22. The molecule has 5 nitrogen and oxygen atoms in total. The summed E-state index contributed by atoms with van der Waals surface area (Å²) in [5, 5.41) is 19.4. The zero-order valence-electron chi connectivity index (χ0n) is 4.15. The van der Waals surface area contributed by atoms with E-state index in [0.29, 0.717) is 0 Å². The van der Waals surface area contributed by atoms with Gasteiger partial charge in [0.2, 0.25) is 5.91 Å². The minimum absolute atomic E-state index is 0.253. The van der Waals surface area contributed by atoms with Gasteiger partial charge >= 0.3 is 0 Å². The molecule has 0 amide bonds. The van der Waals surface area contributed by atoms with Crippen molar-refractivity contribution in [2.45, 2.75) is 12.3 Å². The third kappa shape index (κ3) is 2.41. The van der Waals surface area contributed by atoms with Crippen molar-refractivity contribution in [3.05, 3.63) is 17.4 Å². The molecule has 5 heteroatoms. The van der Waals surface area contributed by atoms with Crippen LogP contribution in [0.5, 0.6) is 0 Å². The summed E-state index contributed by atoms with van der Waals surface area (Å²) in [6.07, 6.45) is -0.253. The topological polar surface area (TPSA) is 89.2 Å². The predicted octanol–water partition coefficient (Wildman–Crippen LogP) is 0.159. The molecule has 0 saturated carbocycles. The Balaban J connectivity index is 3.90. The predicted molar refractivity (Wildman–Crippen MR) is 26.3 cm³/mol. The van der Waals surface area contributed by atoms with E-state index in [-0.39, 0.29) is 6.42 Å². The third-order valence-electron chi connectivity index (χ3n) is 0.540. The molecule has 0 aliphatic heterocycles. The Hall–Kier alpha value is -0.770. The highest BCUT2D eigenvalue weighted by atomic mass is 16.5. The molecular formula is C3H6N3O2. The van der Waals surface area contributed by atoms with Gasteiger partial charge in [0.05, 0.1) is 0 Å². The fourth-order valence-electron chi connectivity index (χ4n) is 0.122. The number of hydrogen-bond donors (Lipinski definition) is 2. The fourth-order valence-corrected chi connectivity index (χ4v) is 0.122. The molecule has 0 aromatic rings. The summed E-state index contributed by atoms with van der Waals surface area (Å²) in [5.74, 6) is -2.31. The lowest BCUT2D eigenvalue weighted by Gasteiger charge is -2.09. The van der Waals surface area contributed by atoms with Crippen LogP contribution in [0, 0.1) is 6.92 Å². The molecule has 0 aliphatic rings. The Morgan fingerprint density at radius 3 is 2.38 bits per heavy atom. The molecule has 0 fully saturated rings. The lowest BCUT2D eigenvalue weighted by atomic mass is 10.4. The van der Waals surface area contributed by atoms with Crippen LogP contribution in [0.15, 0.2) is 5.11 Å². The molecule has 0 saturated heterocycles. The van der Waals surface area contributed by atoms with Crippen LogP contribution >= 0.6 is 0 Å². The average molecular weight is 116 g/mol. The second-order valence-corrected chi connectivity index (χ2v) is 1.21. The molecule has 8 heavy (non-hydrogen) atoms. The van der Waals surface area contributed by atoms with Crippen LogP contribution in [0.25, 0.3) is 10.4 Å². The molecule has 1 radical (unpaired) electrons. The highest BCUT2D eigenvalue weighted by Gasteiger charge is 2.15. The van der Waals surface area contributed by atoms with Crippen LogP contribution in [0.3, 0.4) is 0 Å². The van der Waals surface area contributed by atoms with E-state index in [4.69, 9.17) is 15.7 Å². The largest absolute Gasteiger partial charge is 0.361 e. The highest BCUT2D eigenvalue weighted by molar-refractivity contribution is 4.61. The SMILES string of the molecule is [CH2]CC(O)(O)N=[N+]=[N-]. The van der Waals surface area contributed by atoms with Gasteiger partial charge in [-0.25, -0.2) is 0 Å². The van der Waals surface area contributed by atoms with Gasteiger partial charge in [-0.3, -0.25) is 0 Å². The molecule has 0 aromatic carbocycles. The summed E-state index contributed by atoms with van der Waals surface area (Å²) >= 11 is 0. The Labute approximate surface area is 46.2 Å². The quantitative estimate of drug-likeness (QED) is 0.233. The molecule has 0 spiro atoms. The standard InChI is InChI=1S/C3H6N3O2/c1-2-3(7,8)5-6-4/h7-8H,1-2H2. The van der Waals surface area contributed by atoms with E-state index in [9.17, 15) is 0 Å². The molecule has 0 bridgehead atoms. The second-order valence-electron chi connectivity index (χ2n) is 1.21. The van der Waals surface area contributed by atoms with Crippen molar-refractivity contribution in [3.63, 3.8) is 0 Å². The second kappa shape index (κ2) is 2.52. The Morgan fingerprint density at radius 1 is 1.75 bits per heavy atom. The van der Waals surface area contributed by atoms with Crippen molar-refractivity contribution in [2.75, 3.05) is 0 Å². The summed E-state index contributed by atoms with van der Waals surface area (Å²) in [6, 6.07) is 0. The van der Waals surface area contributed by atoms with Gasteiger partial charge < -0.3 is 10.2 Å². The summed E-state index contributed by atoms with van der Waals surface area (Å²) < 4.78 is 0. The van der Waals surface area contributed by atoms with Gasteiger partial charge in [-0.2, -0.15) is 0 Å². The first-order valence-electron chi connectivity index (χ1n) is 1.92. The number of azide groups is 1. The van der Waals surface area contributed by atoms with Gasteiger partial charge in [-0.15, -0.1) is 0 Å². The van der Waals surface area contributed by atoms with Gasteiger partial charge in [0.25, 0.3) is 0 Å². The van der Waals surface area contributed by atoms with E-state index >= 15 is 0 Å². The van der Waals surface area contributed by atoms with E-state index < -0.39 is 5.91 Å². The van der Waals surface area contributed by atoms with Gasteiger partial charge in [-0.05, 0) is 17.6 Å². The van der Waals surface area contributed by atoms with Gasteiger partial charge in [0, 0.05) is 11.3 Å². The smallest absolute Gasteiger partial charge is 0.244 e. The molecule has 0 heterocycles. The van der Waals surface area contributed by atoms with Crippen LogP contribution in [0.1, 0.15) is 6.42 Å². The number of aliphatic hydroxyl groups is 2. The molecular weight excluding hydrogens is 110 g/mol. The molecule has 2 N–H and O–H groups in total. The molecule has 0 aliphatic carbocycles. The van der Waals surface area contributed by atoms with E-state index in [1.165, 1.54) is 0 Å². The Morgan fingerprint density at radius 2 is 2.25 bits per heavy atom. The summed E-state index contributed by atoms with van der Waals surface area (Å²) in [4.78, 5) is 2.16. The Bertz CT molecular complexity index is 116. The zero-order valence-corrected chi connectivity index (χ0v) is 4.15. The first-order valence-corrected chi connectivity index (χ1v) is 1.92. The van der Waals surface area contributed by atoms with Crippen molar-refractivity contribution < 1.29 is 10.2 Å². The van der Waals surface area contributed by atoms with Gasteiger partial charge in [-0.1, -0.05) is 0 Å². The van der Waals surface area contributed by atoms with Crippen LogP contribution in [-0.4, -0.2) is 16.1 Å². The first-order chi connectivity index (χ1) is 3.62. The Kier molecular flexibility index (Phi) is 2.27. The minimum Gasteiger partial charge on any atom is -0.361 e. The maximum Gasteiger partial charge on any atom is 0.244 e. The summed E-state index contributed by atoms with van der Waals surface area (Å²) in [5.41, 5.74) is 7.64. The summed E-state index contributed by atoms with van der Waals surface area (Å²) in [7, 11) is 0. The lowest BCUT2D eigenvalue weighted by molar-refractivity contribution is -0.151. The normalized spacial score (nSPS) is 10.4. The molecule has 0 aromatic heterocycles. The van der Waals surface area contributed by atoms with E-state index in [1.54, 1.807) is 0 Å². The number of hydrogen-bond acceptors (Lipinski definition) is 3. The maximum absolute atomic E-state index is 8.40. The third-order valence-corrected chi connectivity index (χ3v) is 0.540. The van der Waals surface area contributed by atoms with E-state index in [1.807, 2.05) is 0 Å². The van der Waals surface area contributed by atoms with Crippen molar-refractivity contribution in [1.29, 1.82) is 0 Å². The monoisotopic (exact) mass is 116 g/mol. The minimum atomic E-state index is -2.31. The van der Waals surface area contributed by atoms with Crippen LogP contribution in [0.2, 0.25) is 0 Å².